The summed E-state index contributed by atoms with van der Waals surface area (Å²) in [7, 11) is 1.77. The molecule has 1 aromatic carbocycles. The maximum atomic E-state index is 12.5. The van der Waals surface area contributed by atoms with Crippen LogP contribution in [0.2, 0.25) is 0 Å². The smallest absolute Gasteiger partial charge is 0.420 e. The van der Waals surface area contributed by atoms with Gasteiger partial charge in [-0.25, -0.2) is 4.98 Å². The number of alkyl halides is 3. The van der Waals surface area contributed by atoms with Crippen molar-refractivity contribution in [3.05, 3.63) is 47.4 Å². The highest BCUT2D eigenvalue weighted by Crippen LogP contribution is 2.31. The number of hydrogen-bond donors (Lipinski definition) is 1. The lowest BCUT2D eigenvalue weighted by atomic mass is 10.1. The Morgan fingerprint density at radius 3 is 2.75 bits per heavy atom. The fourth-order valence-electron chi connectivity index (χ4n) is 2.53. The van der Waals surface area contributed by atoms with Crippen LogP contribution in [-0.2, 0) is 13.0 Å². The lowest BCUT2D eigenvalue weighted by molar-refractivity contribution is -0.208. The Morgan fingerprint density at radius 2 is 2.08 bits per heavy atom. The third-order valence-corrected chi connectivity index (χ3v) is 3.81. The predicted octanol–water partition coefficient (Wildman–Crippen LogP) is 2.64. The summed E-state index contributed by atoms with van der Waals surface area (Å²) in [6, 6.07) is 5.91. The Labute approximate surface area is 136 Å². The molecule has 1 aromatic heterocycles. The van der Waals surface area contributed by atoms with E-state index in [1.54, 1.807) is 11.9 Å². The van der Waals surface area contributed by atoms with E-state index in [9.17, 15) is 13.2 Å². The molecule has 0 saturated heterocycles. The molecule has 0 bridgehead atoms. The molecule has 5 nitrogen and oxygen atoms in total. The molecule has 0 amide bonds. The zero-order valence-electron chi connectivity index (χ0n) is 12.9. The normalized spacial score (nSPS) is 14.9. The average Bonchev–Trinajstić information content (AvgIpc) is 3.01. The molecule has 0 fully saturated rings. The minimum Gasteiger partial charge on any atom is -0.493 e. The van der Waals surface area contributed by atoms with E-state index >= 15 is 0 Å². The van der Waals surface area contributed by atoms with Gasteiger partial charge in [0.05, 0.1) is 24.7 Å². The molecule has 128 valence electrons. The molecule has 1 aliphatic heterocycles. The lowest BCUT2D eigenvalue weighted by Crippen LogP contribution is -2.22. The van der Waals surface area contributed by atoms with E-state index in [-0.39, 0.29) is 0 Å². The molecule has 0 aliphatic carbocycles. The summed E-state index contributed by atoms with van der Waals surface area (Å²) in [6.07, 6.45) is -4.34. The number of aromatic nitrogens is 2. The van der Waals surface area contributed by atoms with Crippen LogP contribution in [0.3, 0.4) is 0 Å². The van der Waals surface area contributed by atoms with Gasteiger partial charge in [-0.3, -0.25) is 4.98 Å². The van der Waals surface area contributed by atoms with E-state index in [1.165, 1.54) is 6.20 Å². The number of halogens is 3. The SMILES string of the molecule is CN(Cc1ccc2c(c1)CCO2)c1cnc(C(O)C(F)(F)F)cn1. The maximum Gasteiger partial charge on any atom is 0.420 e. The number of aliphatic hydroxyl groups is 1. The summed E-state index contributed by atoms with van der Waals surface area (Å²) in [5.41, 5.74) is 1.67. The van der Waals surface area contributed by atoms with Crippen LogP contribution in [0.5, 0.6) is 5.75 Å². The van der Waals surface area contributed by atoms with Gasteiger partial charge in [-0.2, -0.15) is 13.2 Å². The van der Waals surface area contributed by atoms with Crippen molar-refractivity contribution in [2.75, 3.05) is 18.6 Å². The summed E-state index contributed by atoms with van der Waals surface area (Å²) >= 11 is 0. The highest BCUT2D eigenvalue weighted by Gasteiger charge is 2.40. The van der Waals surface area contributed by atoms with Crippen molar-refractivity contribution in [2.24, 2.45) is 0 Å². The first kappa shape index (κ1) is 16.5. The van der Waals surface area contributed by atoms with Crippen molar-refractivity contribution < 1.29 is 23.0 Å². The van der Waals surface area contributed by atoms with Crippen molar-refractivity contribution in [3.8, 4) is 5.75 Å². The van der Waals surface area contributed by atoms with Crippen molar-refractivity contribution in [3.63, 3.8) is 0 Å². The largest absolute Gasteiger partial charge is 0.493 e. The third-order valence-electron chi connectivity index (χ3n) is 3.81. The summed E-state index contributed by atoms with van der Waals surface area (Å²) in [5.74, 6) is 1.32. The molecule has 0 radical (unpaired) electrons. The second-order valence-corrected chi connectivity index (χ2v) is 5.64. The van der Waals surface area contributed by atoms with Crippen LogP contribution in [0.25, 0.3) is 0 Å². The van der Waals surface area contributed by atoms with Crippen molar-refractivity contribution in [2.45, 2.75) is 25.2 Å². The number of anilines is 1. The van der Waals surface area contributed by atoms with Gasteiger partial charge in [0.1, 0.15) is 11.6 Å². The lowest BCUT2D eigenvalue weighted by Gasteiger charge is -2.19. The summed E-state index contributed by atoms with van der Waals surface area (Å²) in [4.78, 5) is 9.40. The maximum absolute atomic E-state index is 12.5. The van der Waals surface area contributed by atoms with Gasteiger partial charge < -0.3 is 14.7 Å². The van der Waals surface area contributed by atoms with Crippen molar-refractivity contribution in [1.29, 1.82) is 0 Å². The van der Waals surface area contributed by atoms with Crippen molar-refractivity contribution >= 4 is 5.82 Å². The second-order valence-electron chi connectivity index (χ2n) is 5.64. The van der Waals surface area contributed by atoms with Crippen LogP contribution in [0, 0.1) is 0 Å². The second kappa shape index (κ2) is 6.27. The third kappa shape index (κ3) is 3.43. The Morgan fingerprint density at radius 1 is 1.29 bits per heavy atom. The Hall–Kier alpha value is -2.35. The number of aliphatic hydroxyl groups excluding tert-OH is 1. The first-order valence-electron chi connectivity index (χ1n) is 7.37. The Bertz CT molecular complexity index is 719. The van der Waals surface area contributed by atoms with Crippen molar-refractivity contribution in [1.82, 2.24) is 9.97 Å². The molecule has 1 atom stereocenters. The average molecular weight is 339 g/mol. The summed E-state index contributed by atoms with van der Waals surface area (Å²) in [6.45, 7) is 1.21. The molecular formula is C16H16F3N3O2. The topological polar surface area (TPSA) is 58.5 Å². The van der Waals surface area contributed by atoms with Gasteiger partial charge in [0, 0.05) is 20.0 Å². The molecule has 8 heteroatoms. The van der Waals surface area contributed by atoms with Crippen LogP contribution in [0.1, 0.15) is 22.9 Å². The quantitative estimate of drug-likeness (QED) is 0.928. The Kier molecular flexibility index (Phi) is 4.31. The monoisotopic (exact) mass is 339 g/mol. The van der Waals surface area contributed by atoms with Gasteiger partial charge in [-0.15, -0.1) is 0 Å². The molecule has 2 aromatic rings. The number of fused-ring (bicyclic) bond motifs is 1. The minimum atomic E-state index is -4.76. The molecule has 0 saturated carbocycles. The van der Waals surface area contributed by atoms with Gasteiger partial charge in [-0.05, 0) is 17.2 Å². The number of hydrogen-bond acceptors (Lipinski definition) is 5. The molecule has 2 heterocycles. The summed E-state index contributed by atoms with van der Waals surface area (Å²) in [5, 5.41) is 9.16. The number of rotatable bonds is 4. The molecule has 24 heavy (non-hydrogen) atoms. The molecule has 1 unspecified atom stereocenters. The van der Waals surface area contributed by atoms with Gasteiger partial charge in [0.25, 0.3) is 0 Å². The zero-order chi connectivity index (χ0) is 17.3. The fraction of sp³-hybridized carbons (Fsp3) is 0.375. The van der Waals surface area contributed by atoms with E-state index in [2.05, 4.69) is 9.97 Å². The van der Waals surface area contributed by atoms with E-state index in [1.807, 2.05) is 18.2 Å². The van der Waals surface area contributed by atoms with E-state index in [4.69, 9.17) is 9.84 Å². The fourth-order valence-corrected chi connectivity index (χ4v) is 2.53. The summed E-state index contributed by atoms with van der Waals surface area (Å²) < 4.78 is 42.8. The number of nitrogens with zero attached hydrogens (tertiary/aromatic N) is 3. The zero-order valence-corrected chi connectivity index (χ0v) is 12.9. The van der Waals surface area contributed by atoms with E-state index in [0.29, 0.717) is 19.0 Å². The van der Waals surface area contributed by atoms with Crippen LogP contribution in [-0.4, -0.2) is 34.9 Å². The van der Waals surface area contributed by atoms with E-state index in [0.717, 1.165) is 29.5 Å². The van der Waals surface area contributed by atoms with Crippen LogP contribution in [0.4, 0.5) is 19.0 Å². The van der Waals surface area contributed by atoms with Gasteiger partial charge in [0.2, 0.25) is 0 Å². The molecule has 0 spiro atoms. The van der Waals surface area contributed by atoms with Crippen LogP contribution < -0.4 is 9.64 Å². The minimum absolute atomic E-state index is 0.421. The first-order valence-corrected chi connectivity index (χ1v) is 7.37. The number of ether oxygens (including phenoxy) is 1. The van der Waals surface area contributed by atoms with Gasteiger partial charge in [-0.1, -0.05) is 12.1 Å². The predicted molar refractivity (Wildman–Crippen MR) is 80.8 cm³/mol. The molecule has 1 aliphatic rings. The Balaban J connectivity index is 1.70. The molecule has 3 rings (SSSR count). The highest BCUT2D eigenvalue weighted by molar-refractivity contribution is 5.42. The van der Waals surface area contributed by atoms with Gasteiger partial charge in [0.15, 0.2) is 6.10 Å². The molecule has 1 N–H and O–H groups in total. The standard InChI is InChI=1S/C16H16F3N3O2/c1-22(9-10-2-3-13-11(6-10)4-5-24-13)14-8-20-12(7-21-14)15(23)16(17,18)19/h2-3,6-8,15,23H,4-5,9H2,1H3. The number of benzene rings is 1. The first-order chi connectivity index (χ1) is 11.3. The van der Waals surface area contributed by atoms with Gasteiger partial charge >= 0.3 is 6.18 Å². The highest BCUT2D eigenvalue weighted by atomic mass is 19.4. The van der Waals surface area contributed by atoms with E-state index < -0.39 is 18.0 Å². The molecular weight excluding hydrogens is 323 g/mol. The van der Waals surface area contributed by atoms with Crippen LogP contribution >= 0.6 is 0 Å². The van der Waals surface area contributed by atoms with Crippen LogP contribution in [0.15, 0.2) is 30.6 Å².